The van der Waals surface area contributed by atoms with Crippen molar-refractivity contribution in [2.45, 2.75) is 46.7 Å². The molecule has 0 spiro atoms. The second-order valence-corrected chi connectivity index (χ2v) is 8.92. The Morgan fingerprint density at radius 1 is 1.12 bits per heavy atom. The second kappa shape index (κ2) is 7.93. The largest absolute Gasteiger partial charge is 0.363 e. The van der Waals surface area contributed by atoms with Gasteiger partial charge < -0.3 is 10.2 Å². The first-order valence-electron chi connectivity index (χ1n) is 10.8. The van der Waals surface area contributed by atoms with Gasteiger partial charge in [0, 0.05) is 23.4 Å². The Bertz CT molecular complexity index is 1180. The average Bonchev–Trinajstić information content (AvgIpc) is 2.98. The zero-order valence-corrected chi connectivity index (χ0v) is 19.1. The van der Waals surface area contributed by atoms with E-state index in [0.29, 0.717) is 5.56 Å². The highest BCUT2D eigenvalue weighted by Gasteiger charge is 2.35. The quantitative estimate of drug-likeness (QED) is 0.529. The molecule has 0 saturated carbocycles. The van der Waals surface area contributed by atoms with Crippen molar-refractivity contribution in [1.82, 2.24) is 10.2 Å². The summed E-state index contributed by atoms with van der Waals surface area (Å²) in [5, 5.41) is 2.64. The number of likely N-dealkylation sites (N-methyl/N-ethyl adjacent to an activating group) is 1. The van der Waals surface area contributed by atoms with Crippen LogP contribution >= 0.6 is 0 Å². The minimum atomic E-state index is -0.546. The molecule has 4 rings (SSSR count). The highest BCUT2D eigenvalue weighted by atomic mass is 19.1. The van der Waals surface area contributed by atoms with Crippen LogP contribution in [-0.2, 0) is 11.3 Å². The second-order valence-electron chi connectivity index (χ2n) is 8.92. The zero-order chi connectivity index (χ0) is 23.2. The molecule has 0 aromatic heterocycles. The number of halogens is 1. The van der Waals surface area contributed by atoms with E-state index in [4.69, 9.17) is 0 Å². The fraction of sp³-hybridized carbons (Fsp3) is 0.308. The van der Waals surface area contributed by atoms with E-state index in [1.165, 1.54) is 17.3 Å². The van der Waals surface area contributed by atoms with E-state index in [1.807, 2.05) is 6.92 Å². The molecule has 0 bridgehead atoms. The molecule has 3 amide bonds. The van der Waals surface area contributed by atoms with Gasteiger partial charge in [0.05, 0.1) is 12.1 Å². The number of hydrogen-bond donors (Lipinski definition) is 1. The molecule has 0 unspecified atom stereocenters. The molecule has 2 aliphatic heterocycles. The van der Waals surface area contributed by atoms with Crippen LogP contribution in [0.25, 0.3) is 11.6 Å². The van der Waals surface area contributed by atoms with Gasteiger partial charge in [0.2, 0.25) is 0 Å². The van der Waals surface area contributed by atoms with Crippen molar-refractivity contribution in [3.63, 3.8) is 0 Å². The Balaban J connectivity index is 1.68. The highest BCUT2D eigenvalue weighted by Crippen LogP contribution is 2.40. The molecule has 1 saturated heterocycles. The monoisotopic (exact) mass is 433 g/mol. The number of carbonyl (C=O) groups excluding carboxylic acids is 2. The van der Waals surface area contributed by atoms with Crippen LogP contribution in [0.5, 0.6) is 0 Å². The normalized spacial score (nSPS) is 18.7. The summed E-state index contributed by atoms with van der Waals surface area (Å²) in [6.07, 6.45) is 3.96. The lowest BCUT2D eigenvalue weighted by Gasteiger charge is -2.43. The van der Waals surface area contributed by atoms with Crippen molar-refractivity contribution < 1.29 is 14.0 Å². The van der Waals surface area contributed by atoms with Crippen LogP contribution in [0, 0.1) is 12.7 Å². The van der Waals surface area contributed by atoms with Crippen LogP contribution in [0.4, 0.5) is 14.9 Å². The van der Waals surface area contributed by atoms with Crippen molar-refractivity contribution in [2.75, 3.05) is 11.4 Å². The molecule has 1 N–H and O–H groups in total. The summed E-state index contributed by atoms with van der Waals surface area (Å²) >= 11 is 0. The van der Waals surface area contributed by atoms with Gasteiger partial charge in [-0.25, -0.2) is 9.18 Å². The van der Waals surface area contributed by atoms with Crippen molar-refractivity contribution in [3.8, 4) is 0 Å². The summed E-state index contributed by atoms with van der Waals surface area (Å²) in [6.45, 7) is 11.4. The molecule has 5 nitrogen and oxygen atoms in total. The number of carbonyl (C=O) groups is 2. The van der Waals surface area contributed by atoms with Crippen LogP contribution in [0.2, 0.25) is 0 Å². The number of nitrogens with zero attached hydrogens (tertiary/aromatic N) is 2. The number of fused-ring (bicyclic) bond motifs is 1. The van der Waals surface area contributed by atoms with Gasteiger partial charge in [0.25, 0.3) is 5.91 Å². The molecular weight excluding hydrogens is 405 g/mol. The van der Waals surface area contributed by atoms with Gasteiger partial charge in [-0.1, -0.05) is 24.3 Å². The lowest BCUT2D eigenvalue weighted by atomic mass is 9.87. The Morgan fingerprint density at radius 3 is 2.53 bits per heavy atom. The molecule has 1 fully saturated rings. The fourth-order valence-corrected chi connectivity index (χ4v) is 4.65. The molecule has 0 atom stereocenters. The molecule has 2 heterocycles. The molecule has 2 aromatic rings. The maximum absolute atomic E-state index is 14.0. The Hall–Kier alpha value is -3.41. The number of aryl methyl sites for hydroxylation is 1. The Labute approximate surface area is 188 Å². The molecule has 0 aliphatic carbocycles. The molecule has 2 aliphatic rings. The minimum Gasteiger partial charge on any atom is -0.363 e. The number of nitrogens with one attached hydrogen (secondary N) is 1. The predicted molar refractivity (Wildman–Crippen MR) is 125 cm³/mol. The first kappa shape index (κ1) is 21.8. The summed E-state index contributed by atoms with van der Waals surface area (Å²) in [5.74, 6) is -0.902. The summed E-state index contributed by atoms with van der Waals surface area (Å²) in [7, 11) is 0. The third kappa shape index (κ3) is 3.70. The van der Waals surface area contributed by atoms with Gasteiger partial charge in [-0.05, 0) is 75.6 Å². The summed E-state index contributed by atoms with van der Waals surface area (Å²) in [4.78, 5) is 28.7. The maximum Gasteiger partial charge on any atom is 0.329 e. The van der Waals surface area contributed by atoms with Crippen molar-refractivity contribution in [2.24, 2.45) is 0 Å². The third-order valence-electron chi connectivity index (χ3n) is 6.23. The number of urea groups is 1. The van der Waals surface area contributed by atoms with Crippen molar-refractivity contribution in [3.05, 3.63) is 76.2 Å². The standard InChI is InChI=1S/C26H28FN3O2/c1-6-30-23-11-16(2)19(12-20(23)17(3)14-26(30,4)5)13-22-24(31)29(25(32)28-22)15-18-9-7-8-10-21(18)27/h7-14H,6,15H2,1-5H3,(H,28,32)/b22-13+. The maximum atomic E-state index is 14.0. The molecule has 166 valence electrons. The van der Waals surface area contributed by atoms with Crippen LogP contribution in [0.1, 0.15) is 49.9 Å². The number of anilines is 1. The fourth-order valence-electron chi connectivity index (χ4n) is 4.65. The number of benzene rings is 2. The number of rotatable bonds is 4. The van der Waals surface area contributed by atoms with E-state index in [-0.39, 0.29) is 17.8 Å². The minimum absolute atomic E-state index is 0.0825. The SMILES string of the molecule is CCN1c2cc(C)c(/C=C3/NC(=O)N(Cc4ccccc4F)C3=O)cc2C(C)=CC1(C)C. The van der Waals surface area contributed by atoms with E-state index in [0.717, 1.165) is 28.1 Å². The number of imide groups is 1. The number of hydrogen-bond acceptors (Lipinski definition) is 3. The number of allylic oxidation sites excluding steroid dienone is 1. The van der Waals surface area contributed by atoms with Crippen molar-refractivity contribution in [1.29, 1.82) is 0 Å². The van der Waals surface area contributed by atoms with Gasteiger partial charge in [-0.3, -0.25) is 9.69 Å². The van der Waals surface area contributed by atoms with Gasteiger partial charge in [0.1, 0.15) is 11.5 Å². The highest BCUT2D eigenvalue weighted by molar-refractivity contribution is 6.14. The summed E-state index contributed by atoms with van der Waals surface area (Å²) in [6, 6.07) is 9.81. The lowest BCUT2D eigenvalue weighted by Crippen LogP contribution is -2.44. The van der Waals surface area contributed by atoms with Gasteiger partial charge in [0.15, 0.2) is 0 Å². The van der Waals surface area contributed by atoms with Crippen LogP contribution in [0.15, 0.2) is 48.2 Å². The third-order valence-corrected chi connectivity index (χ3v) is 6.23. The molecule has 0 radical (unpaired) electrons. The van der Waals surface area contributed by atoms with Gasteiger partial charge in [-0.2, -0.15) is 0 Å². The molecule has 2 aromatic carbocycles. The molecule has 6 heteroatoms. The van der Waals surface area contributed by atoms with Crippen LogP contribution in [0.3, 0.4) is 0 Å². The summed E-state index contributed by atoms with van der Waals surface area (Å²) < 4.78 is 14.0. The molecule has 32 heavy (non-hydrogen) atoms. The van der Waals surface area contributed by atoms with E-state index >= 15 is 0 Å². The smallest absolute Gasteiger partial charge is 0.329 e. The van der Waals surface area contributed by atoms with Crippen molar-refractivity contribution >= 4 is 29.3 Å². The average molecular weight is 434 g/mol. The lowest BCUT2D eigenvalue weighted by molar-refractivity contribution is -0.123. The van der Waals surface area contributed by atoms with E-state index in [2.05, 4.69) is 56.1 Å². The van der Waals surface area contributed by atoms with Gasteiger partial charge >= 0.3 is 6.03 Å². The zero-order valence-electron chi connectivity index (χ0n) is 19.1. The van der Waals surface area contributed by atoms with E-state index in [1.54, 1.807) is 24.3 Å². The van der Waals surface area contributed by atoms with E-state index < -0.39 is 17.8 Å². The Kier molecular flexibility index (Phi) is 5.41. The van der Waals surface area contributed by atoms with Gasteiger partial charge in [-0.15, -0.1) is 0 Å². The first-order chi connectivity index (χ1) is 15.1. The first-order valence-corrected chi connectivity index (χ1v) is 10.8. The molecular formula is C26H28FN3O2. The topological polar surface area (TPSA) is 52.7 Å². The number of amides is 3. The van der Waals surface area contributed by atoms with E-state index in [9.17, 15) is 14.0 Å². The van der Waals surface area contributed by atoms with Crippen LogP contribution in [-0.4, -0.2) is 28.9 Å². The Morgan fingerprint density at radius 2 is 1.84 bits per heavy atom. The van der Waals surface area contributed by atoms with Crippen LogP contribution < -0.4 is 10.2 Å². The summed E-state index contributed by atoms with van der Waals surface area (Å²) in [5.41, 5.74) is 5.74. The predicted octanol–water partition coefficient (Wildman–Crippen LogP) is 5.25.